The minimum Gasteiger partial charge on any atom is -0.486 e. The van der Waals surface area contributed by atoms with E-state index in [1.54, 1.807) is 0 Å². The Morgan fingerprint density at radius 2 is 2.00 bits per heavy atom. The predicted molar refractivity (Wildman–Crippen MR) is 72.7 cm³/mol. The molecule has 5 heteroatoms. The molecule has 1 aromatic carbocycles. The van der Waals surface area contributed by atoms with E-state index in [1.165, 1.54) is 0 Å². The Hall–Kier alpha value is -2.17. The number of hydrogen-bond acceptors (Lipinski definition) is 4. The summed E-state index contributed by atoms with van der Waals surface area (Å²) >= 11 is 0. The molecule has 0 bridgehead atoms. The first-order valence-electron chi connectivity index (χ1n) is 6.35. The molecule has 1 aromatic heterocycles. The van der Waals surface area contributed by atoms with Gasteiger partial charge in [-0.25, -0.2) is 0 Å². The van der Waals surface area contributed by atoms with Crippen molar-refractivity contribution in [3.63, 3.8) is 0 Å². The van der Waals surface area contributed by atoms with Crippen LogP contribution in [0.1, 0.15) is 11.4 Å². The Morgan fingerprint density at radius 1 is 1.21 bits per heavy atom. The second-order valence-corrected chi connectivity index (χ2v) is 4.61. The maximum atomic E-state index is 5.56. The summed E-state index contributed by atoms with van der Waals surface area (Å²) < 4.78 is 12.9. The summed E-state index contributed by atoms with van der Waals surface area (Å²) in [6.07, 6.45) is 0. The van der Waals surface area contributed by atoms with Crippen LogP contribution in [0.5, 0.6) is 11.5 Å². The van der Waals surface area contributed by atoms with Crippen LogP contribution in [0.2, 0.25) is 0 Å². The van der Waals surface area contributed by atoms with Crippen LogP contribution < -0.4 is 14.8 Å². The van der Waals surface area contributed by atoms with Gasteiger partial charge >= 0.3 is 0 Å². The van der Waals surface area contributed by atoms with Crippen LogP contribution in [0.15, 0.2) is 24.3 Å². The number of hydrogen-bond donors (Lipinski definition) is 1. The van der Waals surface area contributed by atoms with Gasteiger partial charge in [0.15, 0.2) is 11.5 Å². The Labute approximate surface area is 112 Å². The van der Waals surface area contributed by atoms with Crippen molar-refractivity contribution in [1.82, 2.24) is 9.78 Å². The number of nitrogens with zero attached hydrogens (tertiary/aromatic N) is 2. The van der Waals surface area contributed by atoms with Crippen molar-refractivity contribution >= 4 is 5.69 Å². The van der Waals surface area contributed by atoms with E-state index in [0.29, 0.717) is 13.2 Å². The van der Waals surface area contributed by atoms with E-state index in [9.17, 15) is 0 Å². The van der Waals surface area contributed by atoms with Crippen LogP contribution in [0.3, 0.4) is 0 Å². The van der Waals surface area contributed by atoms with E-state index < -0.39 is 0 Å². The molecule has 2 heterocycles. The smallest absolute Gasteiger partial charge is 0.163 e. The molecule has 1 aliphatic heterocycles. The highest BCUT2D eigenvalue weighted by molar-refractivity contribution is 5.55. The lowest BCUT2D eigenvalue weighted by atomic mass is 10.2. The van der Waals surface area contributed by atoms with Gasteiger partial charge < -0.3 is 14.8 Å². The Kier molecular flexibility index (Phi) is 3.03. The number of aryl methyl sites for hydroxylation is 2. The maximum Gasteiger partial charge on any atom is 0.163 e. The van der Waals surface area contributed by atoms with Gasteiger partial charge in [0, 0.05) is 18.8 Å². The van der Waals surface area contributed by atoms with Gasteiger partial charge in [0.2, 0.25) is 0 Å². The zero-order valence-corrected chi connectivity index (χ0v) is 11.1. The van der Waals surface area contributed by atoms with Crippen molar-refractivity contribution in [1.29, 1.82) is 0 Å². The Balaban J connectivity index is 1.71. The highest BCUT2D eigenvalue weighted by atomic mass is 16.6. The fourth-order valence-electron chi connectivity index (χ4n) is 2.18. The largest absolute Gasteiger partial charge is 0.486 e. The summed E-state index contributed by atoms with van der Waals surface area (Å²) in [7, 11) is 1.95. The zero-order valence-electron chi connectivity index (χ0n) is 11.1. The van der Waals surface area contributed by atoms with E-state index in [2.05, 4.69) is 16.5 Å². The molecule has 0 radical (unpaired) electrons. The Morgan fingerprint density at radius 3 is 2.74 bits per heavy atom. The van der Waals surface area contributed by atoms with E-state index in [4.69, 9.17) is 9.47 Å². The first kappa shape index (κ1) is 11.9. The SMILES string of the molecule is Cc1cc(CNc2ccc3c(c2)OCCO3)n(C)n1. The molecule has 19 heavy (non-hydrogen) atoms. The standard InChI is InChI=1S/C14H17N3O2/c1-10-7-12(17(2)16-10)9-15-11-3-4-13-14(8-11)19-6-5-18-13/h3-4,7-8,15H,5-6,9H2,1-2H3. The summed E-state index contributed by atoms with van der Waals surface area (Å²) in [5.41, 5.74) is 3.19. The number of rotatable bonds is 3. The van der Waals surface area contributed by atoms with E-state index in [-0.39, 0.29) is 0 Å². The predicted octanol–water partition coefficient (Wildman–Crippen LogP) is 2.11. The summed E-state index contributed by atoms with van der Waals surface area (Å²) in [5.74, 6) is 1.62. The number of ether oxygens (including phenoxy) is 2. The summed E-state index contributed by atoms with van der Waals surface area (Å²) in [4.78, 5) is 0. The number of aromatic nitrogens is 2. The number of anilines is 1. The van der Waals surface area contributed by atoms with Gasteiger partial charge in [-0.2, -0.15) is 5.10 Å². The van der Waals surface area contributed by atoms with Crippen molar-refractivity contribution in [2.75, 3.05) is 18.5 Å². The number of nitrogens with one attached hydrogen (secondary N) is 1. The van der Waals surface area contributed by atoms with E-state index in [1.807, 2.05) is 36.9 Å². The molecular weight excluding hydrogens is 242 g/mol. The molecule has 0 aliphatic carbocycles. The molecular formula is C14H17N3O2. The fourth-order valence-corrected chi connectivity index (χ4v) is 2.18. The summed E-state index contributed by atoms with van der Waals surface area (Å²) in [6, 6.07) is 7.98. The normalized spacial score (nSPS) is 13.4. The third kappa shape index (κ3) is 2.50. The Bertz CT molecular complexity index is 592. The molecule has 0 spiro atoms. The van der Waals surface area contributed by atoms with Crippen LogP contribution in [-0.4, -0.2) is 23.0 Å². The van der Waals surface area contributed by atoms with Crippen molar-refractivity contribution in [2.45, 2.75) is 13.5 Å². The zero-order chi connectivity index (χ0) is 13.2. The fraction of sp³-hybridized carbons (Fsp3) is 0.357. The minimum atomic E-state index is 0.609. The van der Waals surface area contributed by atoms with Gasteiger partial charge in [0.25, 0.3) is 0 Å². The first-order valence-corrected chi connectivity index (χ1v) is 6.35. The lowest BCUT2D eigenvalue weighted by molar-refractivity contribution is 0.171. The van der Waals surface area contributed by atoms with Crippen molar-refractivity contribution < 1.29 is 9.47 Å². The van der Waals surface area contributed by atoms with Gasteiger partial charge in [-0.3, -0.25) is 4.68 Å². The van der Waals surface area contributed by atoms with Gasteiger partial charge in [0.1, 0.15) is 13.2 Å². The molecule has 100 valence electrons. The maximum absolute atomic E-state index is 5.56. The second kappa shape index (κ2) is 4.84. The van der Waals surface area contributed by atoms with Crippen LogP contribution in [-0.2, 0) is 13.6 Å². The average Bonchev–Trinajstić information content (AvgIpc) is 2.74. The highest BCUT2D eigenvalue weighted by Gasteiger charge is 2.11. The van der Waals surface area contributed by atoms with E-state index >= 15 is 0 Å². The highest BCUT2D eigenvalue weighted by Crippen LogP contribution is 2.32. The minimum absolute atomic E-state index is 0.609. The number of benzene rings is 1. The van der Waals surface area contributed by atoms with Gasteiger partial charge in [-0.05, 0) is 25.1 Å². The van der Waals surface area contributed by atoms with Crippen molar-refractivity contribution in [3.8, 4) is 11.5 Å². The van der Waals surface area contributed by atoms with Crippen molar-refractivity contribution in [3.05, 3.63) is 35.7 Å². The molecule has 0 saturated heterocycles. The third-order valence-electron chi connectivity index (χ3n) is 3.11. The molecule has 0 fully saturated rings. The molecule has 0 amide bonds. The van der Waals surface area contributed by atoms with Gasteiger partial charge in [0.05, 0.1) is 17.9 Å². The quantitative estimate of drug-likeness (QED) is 0.917. The molecule has 1 aliphatic rings. The molecule has 0 saturated carbocycles. The molecule has 2 aromatic rings. The van der Waals surface area contributed by atoms with Crippen LogP contribution in [0.25, 0.3) is 0 Å². The van der Waals surface area contributed by atoms with Crippen LogP contribution in [0, 0.1) is 6.92 Å². The third-order valence-corrected chi connectivity index (χ3v) is 3.11. The molecule has 0 unspecified atom stereocenters. The number of fused-ring (bicyclic) bond motifs is 1. The summed E-state index contributed by atoms with van der Waals surface area (Å²) in [6.45, 7) is 3.95. The molecule has 3 rings (SSSR count). The molecule has 0 atom stereocenters. The summed E-state index contributed by atoms with van der Waals surface area (Å²) in [5, 5.41) is 7.69. The van der Waals surface area contributed by atoms with Gasteiger partial charge in [-0.1, -0.05) is 0 Å². The molecule has 1 N–H and O–H groups in total. The first-order chi connectivity index (χ1) is 9.22. The molecule has 5 nitrogen and oxygen atoms in total. The second-order valence-electron chi connectivity index (χ2n) is 4.61. The van der Waals surface area contributed by atoms with Gasteiger partial charge in [-0.15, -0.1) is 0 Å². The lowest BCUT2D eigenvalue weighted by Crippen LogP contribution is -2.15. The van der Waals surface area contributed by atoms with Crippen molar-refractivity contribution in [2.24, 2.45) is 7.05 Å². The van der Waals surface area contributed by atoms with Crippen LogP contribution in [0.4, 0.5) is 5.69 Å². The van der Waals surface area contributed by atoms with Crippen LogP contribution >= 0.6 is 0 Å². The average molecular weight is 259 g/mol. The topological polar surface area (TPSA) is 48.3 Å². The lowest BCUT2D eigenvalue weighted by Gasteiger charge is -2.19. The van der Waals surface area contributed by atoms with E-state index in [0.717, 1.165) is 35.1 Å². The monoisotopic (exact) mass is 259 g/mol.